The van der Waals surface area contributed by atoms with Gasteiger partial charge in [0, 0.05) is 6.42 Å². The Morgan fingerprint density at radius 1 is 1.56 bits per heavy atom. The molecular weight excluding hydrogens is 248 g/mol. The van der Waals surface area contributed by atoms with Gasteiger partial charge in [-0.25, -0.2) is 0 Å². The Hall–Kier alpha value is 0.630. The molecule has 0 unspecified atom stereocenters. The topological polar surface area (TPSA) is 17.1 Å². The van der Waals surface area contributed by atoms with E-state index in [1.54, 1.807) is 0 Å². The van der Waals surface area contributed by atoms with Gasteiger partial charge in [-0.3, -0.25) is 4.79 Å². The zero-order valence-corrected chi connectivity index (χ0v) is 8.11. The SMILES string of the molecule is O=C(CC1CC1)C(Br)Br. The molecule has 0 atom stereocenters. The van der Waals surface area contributed by atoms with Gasteiger partial charge in [0.1, 0.15) is 3.74 Å². The average Bonchev–Trinajstić information content (AvgIpc) is 2.50. The molecule has 1 aliphatic rings. The van der Waals surface area contributed by atoms with Crippen LogP contribution in [0.25, 0.3) is 0 Å². The Morgan fingerprint density at radius 3 is 2.44 bits per heavy atom. The molecule has 0 N–H and O–H groups in total. The highest BCUT2D eigenvalue weighted by molar-refractivity contribution is 9.25. The summed E-state index contributed by atoms with van der Waals surface area (Å²) in [5.74, 6) is 0.979. The smallest absolute Gasteiger partial charge is 0.157 e. The lowest BCUT2D eigenvalue weighted by molar-refractivity contribution is -0.117. The molecule has 52 valence electrons. The monoisotopic (exact) mass is 254 g/mol. The second-order valence-corrected chi connectivity index (χ2v) is 5.47. The van der Waals surface area contributed by atoms with Crippen LogP contribution in [0.15, 0.2) is 0 Å². The van der Waals surface area contributed by atoms with Crippen LogP contribution in [0.3, 0.4) is 0 Å². The predicted octanol–water partition coefficient (Wildman–Crippen LogP) is 2.47. The van der Waals surface area contributed by atoms with Gasteiger partial charge in [-0.1, -0.05) is 31.9 Å². The minimum Gasteiger partial charge on any atom is -0.297 e. The summed E-state index contributed by atoms with van der Waals surface area (Å²) in [6.07, 6.45) is 3.25. The van der Waals surface area contributed by atoms with Gasteiger partial charge in [-0.05, 0) is 18.8 Å². The lowest BCUT2D eigenvalue weighted by Crippen LogP contribution is -2.06. The molecule has 0 aromatic rings. The number of ketones is 1. The summed E-state index contributed by atoms with van der Waals surface area (Å²) in [7, 11) is 0. The summed E-state index contributed by atoms with van der Waals surface area (Å²) in [6, 6.07) is 0. The van der Waals surface area contributed by atoms with Gasteiger partial charge < -0.3 is 0 Å². The van der Waals surface area contributed by atoms with E-state index in [1.165, 1.54) is 12.8 Å². The second-order valence-electron chi connectivity index (χ2n) is 2.41. The second kappa shape index (κ2) is 3.15. The van der Waals surface area contributed by atoms with Gasteiger partial charge >= 0.3 is 0 Å². The first-order valence-electron chi connectivity index (χ1n) is 3.01. The number of rotatable bonds is 3. The van der Waals surface area contributed by atoms with Crippen molar-refractivity contribution < 1.29 is 4.79 Å². The number of halogens is 2. The fourth-order valence-electron chi connectivity index (χ4n) is 0.696. The normalized spacial score (nSPS) is 18.6. The minimum atomic E-state index is -0.120. The first-order chi connectivity index (χ1) is 4.20. The Bertz CT molecular complexity index is 118. The highest BCUT2D eigenvalue weighted by atomic mass is 79.9. The quantitative estimate of drug-likeness (QED) is 0.709. The third kappa shape index (κ3) is 2.80. The van der Waals surface area contributed by atoms with E-state index in [2.05, 4.69) is 31.9 Å². The van der Waals surface area contributed by atoms with Crippen molar-refractivity contribution >= 4 is 37.6 Å². The average molecular weight is 256 g/mol. The number of alkyl halides is 2. The molecule has 0 bridgehead atoms. The van der Waals surface area contributed by atoms with Gasteiger partial charge in [0.05, 0.1) is 0 Å². The Kier molecular flexibility index (Phi) is 2.71. The number of hydrogen-bond donors (Lipinski definition) is 0. The van der Waals surface area contributed by atoms with Crippen molar-refractivity contribution in [2.24, 2.45) is 5.92 Å². The third-order valence-corrected chi connectivity index (χ3v) is 2.45. The van der Waals surface area contributed by atoms with Crippen LogP contribution < -0.4 is 0 Å². The molecule has 1 aliphatic carbocycles. The van der Waals surface area contributed by atoms with Gasteiger partial charge in [-0.2, -0.15) is 0 Å². The predicted molar refractivity (Wildman–Crippen MR) is 44.0 cm³/mol. The maximum atomic E-state index is 10.9. The molecule has 1 nitrogen and oxygen atoms in total. The maximum absolute atomic E-state index is 10.9. The molecule has 3 heteroatoms. The van der Waals surface area contributed by atoms with E-state index < -0.39 is 0 Å². The fraction of sp³-hybridized carbons (Fsp3) is 0.833. The molecule has 0 spiro atoms. The van der Waals surface area contributed by atoms with Crippen molar-refractivity contribution in [2.45, 2.75) is 23.0 Å². The van der Waals surface area contributed by atoms with E-state index in [-0.39, 0.29) is 9.52 Å². The Balaban J connectivity index is 2.17. The lowest BCUT2D eigenvalue weighted by Gasteiger charge is -1.96. The Morgan fingerprint density at radius 2 is 2.11 bits per heavy atom. The first kappa shape index (κ1) is 7.73. The number of carbonyl (C=O) groups excluding carboxylic acids is 1. The van der Waals surface area contributed by atoms with E-state index in [1.807, 2.05) is 0 Å². The van der Waals surface area contributed by atoms with Crippen LogP contribution in [0.4, 0.5) is 0 Å². The van der Waals surface area contributed by atoms with Crippen LogP contribution in [-0.2, 0) is 4.79 Å². The zero-order valence-electron chi connectivity index (χ0n) is 4.94. The van der Waals surface area contributed by atoms with Crippen molar-refractivity contribution in [1.82, 2.24) is 0 Å². The third-order valence-electron chi connectivity index (χ3n) is 1.43. The van der Waals surface area contributed by atoms with Crippen molar-refractivity contribution in [1.29, 1.82) is 0 Å². The maximum Gasteiger partial charge on any atom is 0.157 e. The Labute approximate surface area is 71.5 Å². The summed E-state index contributed by atoms with van der Waals surface area (Å²) in [6.45, 7) is 0. The first-order valence-corrected chi connectivity index (χ1v) is 4.84. The molecule has 0 aliphatic heterocycles. The molecule has 0 radical (unpaired) electrons. The molecule has 0 amide bonds. The highest BCUT2D eigenvalue weighted by Gasteiger charge is 2.26. The van der Waals surface area contributed by atoms with Crippen molar-refractivity contribution in [3.8, 4) is 0 Å². The molecule has 9 heavy (non-hydrogen) atoms. The number of carbonyl (C=O) groups is 1. The summed E-state index contributed by atoms with van der Waals surface area (Å²) >= 11 is 6.33. The molecule has 1 rings (SSSR count). The zero-order chi connectivity index (χ0) is 6.85. The van der Waals surface area contributed by atoms with Gasteiger partial charge in [0.15, 0.2) is 5.78 Å². The summed E-state index contributed by atoms with van der Waals surface area (Å²) in [5, 5.41) is 0. The molecule has 1 fully saturated rings. The number of Topliss-reactive ketones (excluding diaryl/α,β-unsaturated/α-hetero) is 1. The van der Waals surface area contributed by atoms with Crippen molar-refractivity contribution in [2.75, 3.05) is 0 Å². The van der Waals surface area contributed by atoms with Gasteiger partial charge in [0.25, 0.3) is 0 Å². The van der Waals surface area contributed by atoms with Crippen LogP contribution in [0.2, 0.25) is 0 Å². The van der Waals surface area contributed by atoms with Gasteiger partial charge in [0.2, 0.25) is 0 Å². The minimum absolute atomic E-state index is 0.120. The van der Waals surface area contributed by atoms with Crippen LogP contribution in [0.1, 0.15) is 19.3 Å². The summed E-state index contributed by atoms with van der Waals surface area (Å²) in [5.41, 5.74) is 0. The van der Waals surface area contributed by atoms with Crippen molar-refractivity contribution in [3.05, 3.63) is 0 Å². The molecule has 0 saturated heterocycles. The summed E-state index contributed by atoms with van der Waals surface area (Å²) in [4.78, 5) is 10.9. The van der Waals surface area contributed by atoms with Crippen LogP contribution in [0, 0.1) is 5.92 Å². The van der Waals surface area contributed by atoms with Crippen molar-refractivity contribution in [3.63, 3.8) is 0 Å². The van der Waals surface area contributed by atoms with Gasteiger partial charge in [-0.15, -0.1) is 0 Å². The van der Waals surface area contributed by atoms with E-state index in [0.717, 1.165) is 6.42 Å². The number of hydrogen-bond acceptors (Lipinski definition) is 1. The van der Waals surface area contributed by atoms with Crippen LogP contribution in [0.5, 0.6) is 0 Å². The molecule has 0 heterocycles. The fourth-order valence-corrected chi connectivity index (χ4v) is 1.07. The van der Waals surface area contributed by atoms with Crippen LogP contribution >= 0.6 is 31.9 Å². The molecule has 0 aromatic carbocycles. The highest BCUT2D eigenvalue weighted by Crippen LogP contribution is 2.33. The van der Waals surface area contributed by atoms with E-state index in [4.69, 9.17) is 0 Å². The molecule has 0 aromatic heterocycles. The lowest BCUT2D eigenvalue weighted by atomic mass is 10.2. The van der Waals surface area contributed by atoms with E-state index in [0.29, 0.717) is 5.92 Å². The van der Waals surface area contributed by atoms with Crippen LogP contribution in [-0.4, -0.2) is 9.52 Å². The molecular formula is C6H8Br2O. The van der Waals surface area contributed by atoms with E-state index >= 15 is 0 Å². The standard InChI is InChI=1S/C6H8Br2O/c7-6(8)5(9)3-4-1-2-4/h4,6H,1-3H2. The molecule has 1 saturated carbocycles. The van der Waals surface area contributed by atoms with E-state index in [9.17, 15) is 4.79 Å². The largest absolute Gasteiger partial charge is 0.297 e. The summed E-state index contributed by atoms with van der Waals surface area (Å²) < 4.78 is -0.120.